The summed E-state index contributed by atoms with van der Waals surface area (Å²) >= 11 is 0. The molecule has 6 heteroatoms. The number of carbonyl (C=O) groups is 2. The summed E-state index contributed by atoms with van der Waals surface area (Å²) in [5, 5.41) is 14.1. The number of hydrogen-bond acceptors (Lipinski definition) is 4. The summed E-state index contributed by atoms with van der Waals surface area (Å²) in [7, 11) is 0. The fourth-order valence-corrected chi connectivity index (χ4v) is 5.33. The number of rotatable bonds is 9. The number of fused-ring (bicyclic) bond motifs is 2. The van der Waals surface area contributed by atoms with Crippen LogP contribution in [0, 0.1) is 5.92 Å². The van der Waals surface area contributed by atoms with Crippen molar-refractivity contribution in [1.29, 1.82) is 0 Å². The third-order valence-electron chi connectivity index (χ3n) is 7.52. The van der Waals surface area contributed by atoms with Gasteiger partial charge in [-0.25, -0.2) is 0 Å². The zero-order chi connectivity index (χ0) is 26.3. The smallest absolute Gasteiger partial charge is 0.243 e. The molecule has 0 spiro atoms. The molecule has 0 unspecified atom stereocenters. The lowest BCUT2D eigenvalue weighted by atomic mass is 9.95. The Morgan fingerprint density at radius 2 is 1.32 bits per heavy atom. The van der Waals surface area contributed by atoms with E-state index in [2.05, 4.69) is 70.5 Å². The molecule has 38 heavy (non-hydrogen) atoms. The highest BCUT2D eigenvalue weighted by molar-refractivity contribution is 5.89. The molecule has 5 rings (SSSR count). The quantitative estimate of drug-likeness (QED) is 0.277. The fraction of sp³-hybridized carbons (Fsp3) is 0.312. The number of nitrogens with two attached hydrogens (primary N) is 1. The van der Waals surface area contributed by atoms with E-state index in [4.69, 9.17) is 5.73 Å². The van der Waals surface area contributed by atoms with Gasteiger partial charge in [-0.1, -0.05) is 84.9 Å². The monoisotopic (exact) mass is 508 g/mol. The second kappa shape index (κ2) is 12.2. The number of nitrogens with one attached hydrogen (secondary N) is 3. The summed E-state index contributed by atoms with van der Waals surface area (Å²) in [6.07, 6.45) is 2.60. The maximum Gasteiger partial charge on any atom is 0.243 e. The third kappa shape index (κ3) is 6.39. The van der Waals surface area contributed by atoms with Gasteiger partial charge < -0.3 is 21.7 Å². The van der Waals surface area contributed by atoms with Crippen molar-refractivity contribution in [2.75, 3.05) is 19.6 Å². The summed E-state index contributed by atoms with van der Waals surface area (Å²) in [5.41, 5.74) is 8.23. The summed E-state index contributed by atoms with van der Waals surface area (Å²) in [5.74, 6) is -0.325. The van der Waals surface area contributed by atoms with Crippen molar-refractivity contribution in [3.63, 3.8) is 0 Å². The predicted molar refractivity (Wildman–Crippen MR) is 154 cm³/mol. The van der Waals surface area contributed by atoms with Gasteiger partial charge in [0.1, 0.15) is 6.04 Å². The van der Waals surface area contributed by atoms with Crippen LogP contribution in [0.25, 0.3) is 21.5 Å². The summed E-state index contributed by atoms with van der Waals surface area (Å²) in [6.45, 7) is 1.95. The first-order valence-electron chi connectivity index (χ1n) is 13.6. The molecule has 1 aliphatic heterocycles. The van der Waals surface area contributed by atoms with Gasteiger partial charge in [-0.2, -0.15) is 0 Å². The Hall–Kier alpha value is -3.74. The van der Waals surface area contributed by atoms with Crippen LogP contribution in [0.4, 0.5) is 0 Å². The molecule has 2 amide bonds. The largest absolute Gasteiger partial charge is 0.350 e. The zero-order valence-corrected chi connectivity index (χ0v) is 21.7. The first-order chi connectivity index (χ1) is 18.6. The zero-order valence-electron chi connectivity index (χ0n) is 21.7. The van der Waals surface area contributed by atoms with Crippen molar-refractivity contribution in [3.8, 4) is 0 Å². The molecule has 1 fully saturated rings. The number of benzene rings is 4. The van der Waals surface area contributed by atoms with Gasteiger partial charge >= 0.3 is 0 Å². The van der Waals surface area contributed by atoms with Crippen LogP contribution in [-0.2, 0) is 22.4 Å². The Balaban J connectivity index is 1.32. The minimum Gasteiger partial charge on any atom is -0.350 e. The van der Waals surface area contributed by atoms with Crippen LogP contribution >= 0.6 is 0 Å². The van der Waals surface area contributed by atoms with E-state index in [0.29, 0.717) is 19.4 Å². The lowest BCUT2D eigenvalue weighted by Crippen LogP contribution is -2.54. The van der Waals surface area contributed by atoms with Crippen LogP contribution in [0.3, 0.4) is 0 Å². The molecule has 4 aromatic carbocycles. The van der Waals surface area contributed by atoms with Gasteiger partial charge in [-0.3, -0.25) is 9.59 Å². The van der Waals surface area contributed by atoms with Crippen molar-refractivity contribution < 1.29 is 9.59 Å². The van der Waals surface area contributed by atoms with Crippen molar-refractivity contribution in [1.82, 2.24) is 16.0 Å². The van der Waals surface area contributed by atoms with Gasteiger partial charge in [-0.15, -0.1) is 0 Å². The molecule has 0 bridgehead atoms. The first kappa shape index (κ1) is 25.9. The lowest BCUT2D eigenvalue weighted by Gasteiger charge is -2.27. The molecule has 0 aliphatic carbocycles. The molecule has 196 valence electrons. The number of hydrogen-bond donors (Lipinski definition) is 4. The van der Waals surface area contributed by atoms with Gasteiger partial charge in [0.05, 0.1) is 0 Å². The van der Waals surface area contributed by atoms with E-state index in [1.807, 2.05) is 30.3 Å². The predicted octanol–water partition coefficient (Wildman–Crippen LogP) is 3.71. The normalized spacial score (nSPS) is 15.7. The Bertz CT molecular complexity index is 1410. The molecule has 0 aromatic heterocycles. The van der Waals surface area contributed by atoms with Gasteiger partial charge in [0.15, 0.2) is 0 Å². The second-order valence-corrected chi connectivity index (χ2v) is 10.3. The molecule has 0 radical (unpaired) electrons. The average molecular weight is 509 g/mol. The van der Waals surface area contributed by atoms with Gasteiger partial charge in [0, 0.05) is 24.9 Å². The minimum absolute atomic E-state index is 0.0498. The Labute approximate surface area is 224 Å². The molecule has 1 aliphatic rings. The standard InChI is InChI=1S/C32H36N4O2/c33-21-29(19-22-9-11-24-5-1-3-7-27(24)17-22)35-32(38)30(36-31(37)26-13-15-34-16-14-26)20-23-10-12-25-6-2-4-8-28(25)18-23/h1-12,17-18,26,29-30,34H,13-16,19-21,33H2,(H,35,38)(H,36,37)/t29-,30-/m1/s1. The molecular formula is C32H36N4O2. The summed E-state index contributed by atoms with van der Waals surface area (Å²) in [6, 6.07) is 28.0. The SMILES string of the molecule is NC[C@@H](Cc1ccc2ccccc2c1)NC(=O)[C@@H](Cc1ccc2ccccc2c1)NC(=O)C1CCNCC1. The van der Waals surface area contributed by atoms with Crippen molar-refractivity contribution in [3.05, 3.63) is 96.1 Å². The van der Waals surface area contributed by atoms with Gasteiger partial charge in [0.25, 0.3) is 0 Å². The lowest BCUT2D eigenvalue weighted by molar-refractivity contribution is -0.131. The van der Waals surface area contributed by atoms with Crippen LogP contribution in [0.1, 0.15) is 24.0 Å². The number of piperidine rings is 1. The van der Waals surface area contributed by atoms with E-state index in [0.717, 1.165) is 53.2 Å². The maximum atomic E-state index is 13.6. The Kier molecular flexibility index (Phi) is 8.31. The third-order valence-corrected chi connectivity index (χ3v) is 7.52. The molecule has 2 atom stereocenters. The van der Waals surface area contributed by atoms with Gasteiger partial charge in [0.2, 0.25) is 11.8 Å². The molecule has 6 nitrogen and oxygen atoms in total. The molecular weight excluding hydrogens is 472 g/mol. The molecule has 5 N–H and O–H groups in total. The average Bonchev–Trinajstić information content (AvgIpc) is 2.96. The molecule has 0 saturated carbocycles. The fourth-order valence-electron chi connectivity index (χ4n) is 5.33. The summed E-state index contributed by atoms with van der Waals surface area (Å²) in [4.78, 5) is 26.8. The molecule has 1 saturated heterocycles. The summed E-state index contributed by atoms with van der Waals surface area (Å²) < 4.78 is 0. The van der Waals surface area contributed by atoms with Crippen LogP contribution in [0.2, 0.25) is 0 Å². The van der Waals surface area contributed by atoms with Gasteiger partial charge in [-0.05, 0) is 65.0 Å². The minimum atomic E-state index is -0.677. The number of carbonyl (C=O) groups excluding carboxylic acids is 2. The Morgan fingerprint density at radius 3 is 1.89 bits per heavy atom. The van der Waals surface area contributed by atoms with E-state index >= 15 is 0 Å². The van der Waals surface area contributed by atoms with E-state index < -0.39 is 6.04 Å². The van der Waals surface area contributed by atoms with E-state index in [-0.39, 0.29) is 23.8 Å². The second-order valence-electron chi connectivity index (χ2n) is 10.3. The van der Waals surface area contributed by atoms with Crippen LogP contribution < -0.4 is 21.7 Å². The highest BCUT2D eigenvalue weighted by Gasteiger charge is 2.28. The maximum absolute atomic E-state index is 13.6. The van der Waals surface area contributed by atoms with Crippen LogP contribution in [0.5, 0.6) is 0 Å². The van der Waals surface area contributed by atoms with E-state index in [1.165, 1.54) is 5.39 Å². The number of amides is 2. The van der Waals surface area contributed by atoms with Crippen LogP contribution in [0.15, 0.2) is 84.9 Å². The highest BCUT2D eigenvalue weighted by atomic mass is 16.2. The van der Waals surface area contributed by atoms with Crippen LogP contribution in [-0.4, -0.2) is 43.5 Å². The topological polar surface area (TPSA) is 96.2 Å². The van der Waals surface area contributed by atoms with Crippen molar-refractivity contribution >= 4 is 33.4 Å². The highest BCUT2D eigenvalue weighted by Crippen LogP contribution is 2.19. The van der Waals surface area contributed by atoms with Crippen molar-refractivity contribution in [2.24, 2.45) is 11.7 Å². The first-order valence-corrected chi connectivity index (χ1v) is 13.6. The van der Waals surface area contributed by atoms with Crippen molar-refractivity contribution in [2.45, 2.75) is 37.8 Å². The van der Waals surface area contributed by atoms with E-state index in [9.17, 15) is 9.59 Å². The molecule has 4 aromatic rings. The Morgan fingerprint density at radius 1 is 0.763 bits per heavy atom. The van der Waals surface area contributed by atoms with E-state index in [1.54, 1.807) is 0 Å². The molecule has 1 heterocycles.